The molecule has 0 atom stereocenters. The van der Waals surface area contributed by atoms with Crippen LogP contribution in [-0.4, -0.2) is 10.1 Å². The van der Waals surface area contributed by atoms with Gasteiger partial charge in [-0.1, -0.05) is 32.0 Å². The average molecular weight is 293 g/mol. The van der Waals surface area contributed by atoms with Gasteiger partial charge in [-0.25, -0.2) is 0 Å². The molecule has 2 N–H and O–H groups in total. The van der Waals surface area contributed by atoms with Crippen LogP contribution in [0, 0.1) is 6.92 Å². The van der Waals surface area contributed by atoms with Gasteiger partial charge in [0.25, 0.3) is 0 Å². The van der Waals surface area contributed by atoms with Gasteiger partial charge in [-0.05, 0) is 42.2 Å². The summed E-state index contributed by atoms with van der Waals surface area (Å²) in [6, 6.07) is 12.8. The number of aromatic hydroxyl groups is 1. The van der Waals surface area contributed by atoms with Crippen LogP contribution in [0.4, 0.5) is 0 Å². The van der Waals surface area contributed by atoms with Crippen LogP contribution >= 0.6 is 0 Å². The van der Waals surface area contributed by atoms with Gasteiger partial charge in [-0.2, -0.15) is 0 Å². The summed E-state index contributed by atoms with van der Waals surface area (Å²) >= 11 is 0. The first-order valence-electron chi connectivity index (χ1n) is 7.43. The Labute approximate surface area is 129 Å². The smallest absolute Gasteiger partial charge is 0.190 e. The molecule has 3 nitrogen and oxygen atoms in total. The molecule has 3 heteroatoms. The Morgan fingerprint density at radius 3 is 2.50 bits per heavy atom. The highest BCUT2D eigenvalue weighted by Crippen LogP contribution is 2.34. The van der Waals surface area contributed by atoms with E-state index in [-0.39, 0.29) is 11.2 Å². The third kappa shape index (κ3) is 2.39. The highest BCUT2D eigenvalue weighted by Gasteiger charge is 2.13. The molecule has 0 bridgehead atoms. The quantitative estimate of drug-likeness (QED) is 0.738. The predicted octanol–water partition coefficient (Wildman–Crippen LogP) is 4.33. The number of nitrogens with one attached hydrogen (secondary N) is 1. The zero-order valence-corrected chi connectivity index (χ0v) is 13.0. The van der Waals surface area contributed by atoms with E-state index in [1.165, 1.54) is 0 Å². The molecule has 1 heterocycles. The summed E-state index contributed by atoms with van der Waals surface area (Å²) in [7, 11) is 0. The largest absolute Gasteiger partial charge is 0.507 e. The van der Waals surface area contributed by atoms with Crippen molar-refractivity contribution in [3.05, 3.63) is 63.8 Å². The van der Waals surface area contributed by atoms with Gasteiger partial charge >= 0.3 is 0 Å². The highest BCUT2D eigenvalue weighted by atomic mass is 16.3. The maximum atomic E-state index is 12.3. The Morgan fingerprint density at radius 2 is 1.82 bits per heavy atom. The Morgan fingerprint density at radius 1 is 1.09 bits per heavy atom. The van der Waals surface area contributed by atoms with Crippen LogP contribution in [0.15, 0.2) is 47.3 Å². The molecule has 2 aromatic carbocycles. The predicted molar refractivity (Wildman–Crippen MR) is 90.5 cm³/mol. The molecule has 0 saturated carbocycles. The minimum Gasteiger partial charge on any atom is -0.507 e. The lowest BCUT2D eigenvalue weighted by atomic mass is 9.95. The van der Waals surface area contributed by atoms with Crippen LogP contribution in [0.5, 0.6) is 5.75 Å². The molecule has 0 radical (unpaired) electrons. The number of benzene rings is 2. The van der Waals surface area contributed by atoms with Crippen LogP contribution in [0.1, 0.15) is 30.9 Å². The number of hydrogen-bond acceptors (Lipinski definition) is 2. The van der Waals surface area contributed by atoms with E-state index in [0.717, 1.165) is 16.6 Å². The lowest BCUT2D eigenvalue weighted by Gasteiger charge is -2.14. The summed E-state index contributed by atoms with van der Waals surface area (Å²) in [5.41, 5.74) is 4.10. The third-order valence-electron chi connectivity index (χ3n) is 4.01. The van der Waals surface area contributed by atoms with E-state index in [4.69, 9.17) is 0 Å². The number of aromatic amines is 1. The molecule has 0 saturated heterocycles. The van der Waals surface area contributed by atoms with Crippen molar-refractivity contribution in [3.63, 3.8) is 0 Å². The first-order valence-corrected chi connectivity index (χ1v) is 7.43. The van der Waals surface area contributed by atoms with Crippen LogP contribution in [-0.2, 0) is 0 Å². The first-order chi connectivity index (χ1) is 10.5. The summed E-state index contributed by atoms with van der Waals surface area (Å²) in [6.07, 6.45) is 0. The summed E-state index contributed by atoms with van der Waals surface area (Å²) in [6.45, 7) is 6.13. The number of aromatic nitrogens is 1. The SMILES string of the molecule is Cc1cc(C(C)C)cc(O)c1-c1cc(=O)c2ccccc2[nH]1. The fraction of sp³-hybridized carbons (Fsp3) is 0.211. The number of phenolic OH excluding ortho intramolecular Hbond substituents is 1. The van der Waals surface area contributed by atoms with Crippen LogP contribution < -0.4 is 5.43 Å². The van der Waals surface area contributed by atoms with Gasteiger partial charge in [-0.15, -0.1) is 0 Å². The molecular formula is C19H19NO2. The Balaban J connectivity index is 2.26. The maximum Gasteiger partial charge on any atom is 0.190 e. The highest BCUT2D eigenvalue weighted by molar-refractivity contribution is 5.83. The van der Waals surface area contributed by atoms with Crippen molar-refractivity contribution in [3.8, 4) is 17.0 Å². The Kier molecular flexibility index (Phi) is 3.49. The monoisotopic (exact) mass is 293 g/mol. The van der Waals surface area contributed by atoms with E-state index < -0.39 is 0 Å². The lowest BCUT2D eigenvalue weighted by molar-refractivity contribution is 0.475. The van der Waals surface area contributed by atoms with Crippen LogP contribution in [0.25, 0.3) is 22.2 Å². The molecule has 0 amide bonds. The zero-order chi connectivity index (χ0) is 15.9. The number of hydrogen-bond donors (Lipinski definition) is 2. The van der Waals surface area contributed by atoms with Gasteiger partial charge in [0, 0.05) is 22.5 Å². The fourth-order valence-corrected chi connectivity index (χ4v) is 2.81. The lowest BCUT2D eigenvalue weighted by Crippen LogP contribution is -2.03. The summed E-state index contributed by atoms with van der Waals surface area (Å²) in [5.74, 6) is 0.545. The summed E-state index contributed by atoms with van der Waals surface area (Å²) < 4.78 is 0. The van der Waals surface area contributed by atoms with Crippen molar-refractivity contribution in [2.75, 3.05) is 0 Å². The zero-order valence-electron chi connectivity index (χ0n) is 13.0. The summed E-state index contributed by atoms with van der Waals surface area (Å²) in [5, 5.41) is 11.1. The van der Waals surface area contributed by atoms with Crippen molar-refractivity contribution in [2.45, 2.75) is 26.7 Å². The molecule has 0 spiro atoms. The van der Waals surface area contributed by atoms with Gasteiger partial charge < -0.3 is 10.1 Å². The number of rotatable bonds is 2. The van der Waals surface area contributed by atoms with E-state index >= 15 is 0 Å². The van der Waals surface area contributed by atoms with E-state index in [1.807, 2.05) is 25.1 Å². The molecule has 22 heavy (non-hydrogen) atoms. The first kappa shape index (κ1) is 14.4. The summed E-state index contributed by atoms with van der Waals surface area (Å²) in [4.78, 5) is 15.5. The van der Waals surface area contributed by atoms with Crippen molar-refractivity contribution in [2.24, 2.45) is 0 Å². The van der Waals surface area contributed by atoms with Gasteiger partial charge in [0.15, 0.2) is 5.43 Å². The normalized spacial score (nSPS) is 11.3. The average Bonchev–Trinajstić information content (AvgIpc) is 2.46. The molecule has 1 aromatic heterocycles. The minimum absolute atomic E-state index is 0.0453. The second-order valence-corrected chi connectivity index (χ2v) is 5.98. The number of pyridine rings is 1. The van der Waals surface area contributed by atoms with Gasteiger partial charge in [-0.3, -0.25) is 4.79 Å². The number of fused-ring (bicyclic) bond motifs is 1. The molecule has 0 fully saturated rings. The number of para-hydroxylation sites is 1. The number of H-pyrrole nitrogens is 1. The topological polar surface area (TPSA) is 53.1 Å². The molecule has 0 aliphatic rings. The van der Waals surface area contributed by atoms with Crippen LogP contribution in [0.3, 0.4) is 0 Å². The van der Waals surface area contributed by atoms with Crippen molar-refractivity contribution < 1.29 is 5.11 Å². The molecule has 112 valence electrons. The molecule has 0 unspecified atom stereocenters. The minimum atomic E-state index is -0.0453. The van der Waals surface area contributed by atoms with Gasteiger partial charge in [0.1, 0.15) is 5.75 Å². The third-order valence-corrected chi connectivity index (χ3v) is 4.01. The van der Waals surface area contributed by atoms with E-state index in [0.29, 0.717) is 22.6 Å². The van der Waals surface area contributed by atoms with Gasteiger partial charge in [0.05, 0.1) is 5.69 Å². The maximum absolute atomic E-state index is 12.3. The Hall–Kier alpha value is -2.55. The molecule has 3 rings (SSSR count). The second-order valence-electron chi connectivity index (χ2n) is 5.98. The number of aryl methyl sites for hydroxylation is 1. The van der Waals surface area contributed by atoms with Crippen molar-refractivity contribution in [1.82, 2.24) is 4.98 Å². The molecule has 3 aromatic rings. The second kappa shape index (κ2) is 5.34. The molecule has 0 aliphatic heterocycles. The Bertz CT molecular complexity index is 884. The van der Waals surface area contributed by atoms with Crippen LogP contribution in [0.2, 0.25) is 0 Å². The van der Waals surface area contributed by atoms with Gasteiger partial charge in [0.2, 0.25) is 0 Å². The fourth-order valence-electron chi connectivity index (χ4n) is 2.81. The standard InChI is InChI=1S/C19H19NO2/c1-11(2)13-8-12(3)19(18(22)9-13)16-10-17(21)14-6-4-5-7-15(14)20-16/h4-11,22H,1-3H3,(H,20,21). The van der Waals surface area contributed by atoms with Crippen molar-refractivity contribution >= 4 is 10.9 Å². The molecular weight excluding hydrogens is 274 g/mol. The molecule has 0 aliphatic carbocycles. The van der Waals surface area contributed by atoms with Crippen molar-refractivity contribution in [1.29, 1.82) is 0 Å². The van der Waals surface area contributed by atoms with E-state index in [9.17, 15) is 9.90 Å². The van der Waals surface area contributed by atoms with E-state index in [2.05, 4.69) is 24.9 Å². The van der Waals surface area contributed by atoms with E-state index in [1.54, 1.807) is 18.2 Å². The number of phenols is 1.